The van der Waals surface area contributed by atoms with Crippen molar-refractivity contribution in [2.75, 3.05) is 6.54 Å². The van der Waals surface area contributed by atoms with Gasteiger partial charge in [-0.3, -0.25) is 9.88 Å². The lowest BCUT2D eigenvalue weighted by Gasteiger charge is -2.21. The molecule has 4 rings (SSSR count). The molecule has 2 atom stereocenters. The minimum Gasteiger partial charge on any atom is -0.392 e. The minimum atomic E-state index is -0.467. The van der Waals surface area contributed by atoms with Crippen molar-refractivity contribution in [3.05, 3.63) is 59.9 Å². The third-order valence-corrected chi connectivity index (χ3v) is 4.34. The largest absolute Gasteiger partial charge is 0.392 e. The summed E-state index contributed by atoms with van der Waals surface area (Å²) < 4.78 is 5.43. The lowest BCUT2D eigenvalue weighted by atomic mass is 10.1. The highest BCUT2D eigenvalue weighted by Gasteiger charge is 2.36. The Morgan fingerprint density at radius 1 is 1.35 bits per heavy atom. The summed E-state index contributed by atoms with van der Waals surface area (Å²) in [6, 6.07) is 9.39. The predicted molar refractivity (Wildman–Crippen MR) is 90.3 cm³/mol. The lowest BCUT2D eigenvalue weighted by molar-refractivity contribution is 0.169. The Hall–Kier alpha value is -3.15. The second kappa shape index (κ2) is 7.00. The first-order chi connectivity index (χ1) is 12.7. The molecule has 8 heteroatoms. The Bertz CT molecular complexity index is 936. The van der Waals surface area contributed by atoms with Crippen LogP contribution in [-0.4, -0.2) is 42.8 Å². The molecule has 8 nitrogen and oxygen atoms in total. The standard InChI is InChI=1S/C18H16N6O2/c19-8-12-2-1-3-13(6-12)10-24-11-14(25)7-16(24)18-22-17(23-26-18)15-9-20-4-5-21-15/h1-6,9,14,16,25H,7,10-11H2/t14-,16+/m1/s1. The van der Waals surface area contributed by atoms with Crippen LogP contribution in [0.3, 0.4) is 0 Å². The average Bonchev–Trinajstić information content (AvgIpc) is 3.29. The summed E-state index contributed by atoms with van der Waals surface area (Å²) in [6.45, 7) is 1.09. The fraction of sp³-hybridized carbons (Fsp3) is 0.278. The number of aromatic nitrogens is 4. The highest BCUT2D eigenvalue weighted by atomic mass is 16.5. The van der Waals surface area contributed by atoms with Gasteiger partial charge in [-0.2, -0.15) is 10.2 Å². The number of nitriles is 1. The van der Waals surface area contributed by atoms with E-state index in [0.717, 1.165) is 5.56 Å². The SMILES string of the molecule is N#Cc1cccc(CN2C[C@H](O)C[C@H]2c2nc(-c3cnccn3)no2)c1. The molecule has 0 aliphatic carbocycles. The summed E-state index contributed by atoms with van der Waals surface area (Å²) in [7, 11) is 0. The molecule has 1 aliphatic heterocycles. The zero-order valence-corrected chi connectivity index (χ0v) is 13.9. The first kappa shape index (κ1) is 16.3. The Morgan fingerprint density at radius 2 is 2.27 bits per heavy atom. The van der Waals surface area contributed by atoms with E-state index < -0.39 is 6.10 Å². The maximum absolute atomic E-state index is 10.1. The van der Waals surface area contributed by atoms with Crippen molar-refractivity contribution < 1.29 is 9.63 Å². The molecule has 1 saturated heterocycles. The topological polar surface area (TPSA) is 112 Å². The average molecular weight is 348 g/mol. The highest BCUT2D eigenvalue weighted by Crippen LogP contribution is 2.33. The predicted octanol–water partition coefficient (Wildman–Crippen LogP) is 1.71. The molecule has 0 unspecified atom stereocenters. The van der Waals surface area contributed by atoms with Gasteiger partial charge in [-0.1, -0.05) is 17.3 Å². The molecule has 0 bridgehead atoms. The molecule has 0 spiro atoms. The van der Waals surface area contributed by atoms with E-state index in [1.165, 1.54) is 0 Å². The van der Waals surface area contributed by atoms with Gasteiger partial charge < -0.3 is 9.63 Å². The van der Waals surface area contributed by atoms with Crippen LogP contribution in [0.25, 0.3) is 11.5 Å². The van der Waals surface area contributed by atoms with E-state index in [1.54, 1.807) is 24.7 Å². The summed E-state index contributed by atoms with van der Waals surface area (Å²) in [4.78, 5) is 14.7. The van der Waals surface area contributed by atoms with Crippen LogP contribution < -0.4 is 0 Å². The maximum Gasteiger partial charge on any atom is 0.244 e. The second-order valence-corrected chi connectivity index (χ2v) is 6.19. The van der Waals surface area contributed by atoms with Crippen molar-refractivity contribution in [2.45, 2.75) is 25.1 Å². The van der Waals surface area contributed by atoms with Gasteiger partial charge in [0.05, 0.1) is 30.0 Å². The smallest absolute Gasteiger partial charge is 0.244 e. The highest BCUT2D eigenvalue weighted by molar-refractivity contribution is 5.45. The third-order valence-electron chi connectivity index (χ3n) is 4.34. The molecule has 1 N–H and O–H groups in total. The lowest BCUT2D eigenvalue weighted by Crippen LogP contribution is -2.24. The van der Waals surface area contributed by atoms with Crippen LogP contribution in [0.4, 0.5) is 0 Å². The molecule has 1 fully saturated rings. The maximum atomic E-state index is 10.1. The number of β-amino-alcohol motifs (C(OH)–C–C–N with tert-alkyl or cyclic N) is 1. The van der Waals surface area contributed by atoms with Crippen LogP contribution in [0.15, 0.2) is 47.4 Å². The van der Waals surface area contributed by atoms with Gasteiger partial charge in [-0.25, -0.2) is 4.98 Å². The first-order valence-electron chi connectivity index (χ1n) is 8.24. The molecular weight excluding hydrogens is 332 g/mol. The van der Waals surface area contributed by atoms with Crippen molar-refractivity contribution in [2.24, 2.45) is 0 Å². The van der Waals surface area contributed by atoms with Crippen molar-refractivity contribution >= 4 is 0 Å². The molecule has 0 saturated carbocycles. The Balaban J connectivity index is 1.57. The van der Waals surface area contributed by atoms with Crippen molar-refractivity contribution in [3.63, 3.8) is 0 Å². The molecule has 3 aromatic rings. The molecule has 0 radical (unpaired) electrons. The minimum absolute atomic E-state index is 0.186. The van der Waals surface area contributed by atoms with E-state index in [1.807, 2.05) is 18.2 Å². The van der Waals surface area contributed by atoms with E-state index in [-0.39, 0.29) is 6.04 Å². The van der Waals surface area contributed by atoms with Crippen LogP contribution in [0.5, 0.6) is 0 Å². The van der Waals surface area contributed by atoms with Gasteiger partial charge >= 0.3 is 0 Å². The summed E-state index contributed by atoms with van der Waals surface area (Å²) in [6.07, 6.45) is 4.77. The number of benzene rings is 1. The van der Waals surface area contributed by atoms with Crippen LogP contribution in [0.2, 0.25) is 0 Å². The number of rotatable bonds is 4. The van der Waals surface area contributed by atoms with Crippen LogP contribution >= 0.6 is 0 Å². The number of nitrogens with zero attached hydrogens (tertiary/aromatic N) is 6. The number of likely N-dealkylation sites (tertiary alicyclic amines) is 1. The van der Waals surface area contributed by atoms with E-state index >= 15 is 0 Å². The van der Waals surface area contributed by atoms with Gasteiger partial charge in [0.15, 0.2) is 0 Å². The zero-order chi connectivity index (χ0) is 17.9. The molecule has 1 aliphatic rings. The number of aliphatic hydroxyl groups excluding tert-OH is 1. The number of hydrogen-bond donors (Lipinski definition) is 1. The number of hydrogen-bond acceptors (Lipinski definition) is 8. The summed E-state index contributed by atoms with van der Waals surface area (Å²) in [5.74, 6) is 0.819. The van der Waals surface area contributed by atoms with Gasteiger partial charge in [-0.15, -0.1) is 0 Å². The summed E-state index contributed by atoms with van der Waals surface area (Å²) in [5, 5.41) is 23.2. The van der Waals surface area contributed by atoms with Crippen molar-refractivity contribution in [3.8, 4) is 17.6 Å². The van der Waals surface area contributed by atoms with E-state index in [2.05, 4.69) is 31.1 Å². The van der Waals surface area contributed by atoms with Crippen LogP contribution in [-0.2, 0) is 6.54 Å². The summed E-state index contributed by atoms with van der Waals surface area (Å²) in [5.41, 5.74) is 2.15. The van der Waals surface area contributed by atoms with Gasteiger partial charge in [-0.05, 0) is 24.1 Å². The van der Waals surface area contributed by atoms with Crippen LogP contribution in [0.1, 0.15) is 29.5 Å². The zero-order valence-electron chi connectivity index (χ0n) is 13.9. The molecule has 3 heterocycles. The van der Waals surface area contributed by atoms with Gasteiger partial charge in [0.1, 0.15) is 5.69 Å². The number of aliphatic hydroxyl groups is 1. The van der Waals surface area contributed by atoms with Gasteiger partial charge in [0.25, 0.3) is 0 Å². The third kappa shape index (κ3) is 3.31. The monoisotopic (exact) mass is 348 g/mol. The Labute approximate surface area is 149 Å². The van der Waals surface area contributed by atoms with Crippen molar-refractivity contribution in [1.29, 1.82) is 5.26 Å². The second-order valence-electron chi connectivity index (χ2n) is 6.19. The quantitative estimate of drug-likeness (QED) is 0.758. The normalized spacial score (nSPS) is 20.2. The molecule has 26 heavy (non-hydrogen) atoms. The molecule has 2 aromatic heterocycles. The molecular formula is C18H16N6O2. The molecule has 130 valence electrons. The fourth-order valence-electron chi connectivity index (χ4n) is 3.17. The Morgan fingerprint density at radius 3 is 3.08 bits per heavy atom. The summed E-state index contributed by atoms with van der Waals surface area (Å²) >= 11 is 0. The Kier molecular flexibility index (Phi) is 4.39. The van der Waals surface area contributed by atoms with E-state index in [4.69, 9.17) is 9.78 Å². The van der Waals surface area contributed by atoms with Crippen molar-refractivity contribution in [1.82, 2.24) is 25.0 Å². The van der Waals surface area contributed by atoms with E-state index in [0.29, 0.717) is 42.5 Å². The van der Waals surface area contributed by atoms with Gasteiger partial charge in [0.2, 0.25) is 11.7 Å². The van der Waals surface area contributed by atoms with Gasteiger partial charge in [0, 0.05) is 25.5 Å². The fourth-order valence-corrected chi connectivity index (χ4v) is 3.17. The van der Waals surface area contributed by atoms with E-state index in [9.17, 15) is 5.11 Å². The molecule has 0 amide bonds. The van der Waals surface area contributed by atoms with Crippen LogP contribution in [0, 0.1) is 11.3 Å². The molecule has 1 aromatic carbocycles. The first-order valence-corrected chi connectivity index (χ1v) is 8.24.